The second-order valence-electron chi connectivity index (χ2n) is 5.21. The van der Waals surface area contributed by atoms with E-state index in [1.807, 2.05) is 20.8 Å². The number of halogens is 2. The molecule has 1 aromatic heterocycles. The summed E-state index contributed by atoms with van der Waals surface area (Å²) in [5.74, 6) is -0.881. The van der Waals surface area contributed by atoms with Crippen molar-refractivity contribution in [3.63, 3.8) is 0 Å². The number of tetrazole rings is 1. The number of rotatable bonds is 3. The summed E-state index contributed by atoms with van der Waals surface area (Å²) in [6.45, 7) is 6.38. The van der Waals surface area contributed by atoms with Gasteiger partial charge in [-0.2, -0.15) is 4.68 Å². The molecule has 0 spiro atoms. The molecule has 2 aromatic rings. The zero-order chi connectivity index (χ0) is 14.0. The molecule has 0 atom stereocenters. The van der Waals surface area contributed by atoms with E-state index >= 15 is 0 Å². The summed E-state index contributed by atoms with van der Waals surface area (Å²) in [7, 11) is 0. The Kier molecular flexibility index (Phi) is 3.57. The van der Waals surface area contributed by atoms with Crippen molar-refractivity contribution in [2.24, 2.45) is 0 Å². The Labute approximate surface area is 109 Å². The predicted octanol–water partition coefficient (Wildman–Crippen LogP) is 1.83. The van der Waals surface area contributed by atoms with Crippen LogP contribution in [0, 0.1) is 11.6 Å². The average Bonchev–Trinajstić information content (AvgIpc) is 2.73. The maximum Gasteiger partial charge on any atom is 0.170 e. The van der Waals surface area contributed by atoms with Crippen molar-refractivity contribution in [1.29, 1.82) is 0 Å². The monoisotopic (exact) mass is 267 g/mol. The Bertz CT molecular complexity index is 574. The van der Waals surface area contributed by atoms with Crippen molar-refractivity contribution in [3.05, 3.63) is 35.7 Å². The van der Waals surface area contributed by atoms with Gasteiger partial charge in [0.2, 0.25) is 0 Å². The van der Waals surface area contributed by atoms with Gasteiger partial charge in [-0.15, -0.1) is 5.10 Å². The highest BCUT2D eigenvalue weighted by molar-refractivity contribution is 5.33. The number of benzene rings is 1. The Morgan fingerprint density at radius 3 is 2.63 bits per heavy atom. The van der Waals surface area contributed by atoms with Crippen LogP contribution in [0.2, 0.25) is 0 Å². The maximum atomic E-state index is 13.7. The lowest BCUT2D eigenvalue weighted by molar-refractivity contribution is 0.414. The third-order valence-corrected chi connectivity index (χ3v) is 2.45. The standard InChI is InChI=1S/C12H15F2N5/c1-12(2,3)15-7-11-16-17-18-19(11)10-5-4-8(13)6-9(10)14/h4-6,15H,7H2,1-3H3. The van der Waals surface area contributed by atoms with E-state index in [0.29, 0.717) is 12.4 Å². The Morgan fingerprint density at radius 2 is 2.00 bits per heavy atom. The van der Waals surface area contributed by atoms with Gasteiger partial charge in [-0.25, -0.2) is 8.78 Å². The highest BCUT2D eigenvalue weighted by atomic mass is 19.1. The number of hydrogen-bond donors (Lipinski definition) is 1. The van der Waals surface area contributed by atoms with Crippen LogP contribution in [0.4, 0.5) is 8.78 Å². The molecular weight excluding hydrogens is 252 g/mol. The zero-order valence-corrected chi connectivity index (χ0v) is 11.0. The van der Waals surface area contributed by atoms with Gasteiger partial charge in [-0.05, 0) is 43.3 Å². The predicted molar refractivity (Wildman–Crippen MR) is 65.7 cm³/mol. The molecular formula is C12H15F2N5. The van der Waals surface area contributed by atoms with Crippen molar-refractivity contribution in [1.82, 2.24) is 25.5 Å². The van der Waals surface area contributed by atoms with Crippen molar-refractivity contribution in [3.8, 4) is 5.69 Å². The Morgan fingerprint density at radius 1 is 1.26 bits per heavy atom. The first-order valence-corrected chi connectivity index (χ1v) is 5.84. The lowest BCUT2D eigenvalue weighted by atomic mass is 10.1. The normalized spacial score (nSPS) is 11.8. The molecule has 5 nitrogen and oxygen atoms in total. The van der Waals surface area contributed by atoms with Gasteiger partial charge in [0.15, 0.2) is 11.6 Å². The fraction of sp³-hybridized carbons (Fsp3) is 0.417. The minimum atomic E-state index is -0.704. The van der Waals surface area contributed by atoms with Gasteiger partial charge in [-0.1, -0.05) is 0 Å². The third-order valence-electron chi connectivity index (χ3n) is 2.45. The molecule has 0 amide bonds. The van der Waals surface area contributed by atoms with Gasteiger partial charge in [0.25, 0.3) is 0 Å². The van der Waals surface area contributed by atoms with Gasteiger partial charge in [0, 0.05) is 11.6 Å². The molecule has 0 unspecified atom stereocenters. The SMILES string of the molecule is CC(C)(C)NCc1nnnn1-c1ccc(F)cc1F. The smallest absolute Gasteiger partial charge is 0.170 e. The summed E-state index contributed by atoms with van der Waals surface area (Å²) in [5, 5.41) is 14.3. The van der Waals surface area contributed by atoms with E-state index < -0.39 is 11.6 Å². The van der Waals surface area contributed by atoms with E-state index in [1.54, 1.807) is 0 Å². The molecule has 2 rings (SSSR count). The average molecular weight is 267 g/mol. The first-order chi connectivity index (χ1) is 8.87. The van der Waals surface area contributed by atoms with Crippen LogP contribution < -0.4 is 5.32 Å². The molecule has 0 aliphatic rings. The van der Waals surface area contributed by atoms with E-state index in [0.717, 1.165) is 6.07 Å². The first-order valence-electron chi connectivity index (χ1n) is 5.84. The minimum Gasteiger partial charge on any atom is -0.305 e. The summed E-state index contributed by atoms with van der Waals surface area (Å²) in [5.41, 5.74) is 0.00935. The lowest BCUT2D eigenvalue weighted by Crippen LogP contribution is -2.36. The second-order valence-corrected chi connectivity index (χ2v) is 5.21. The topological polar surface area (TPSA) is 55.6 Å². The molecule has 0 bridgehead atoms. The molecule has 0 fully saturated rings. The van der Waals surface area contributed by atoms with E-state index in [4.69, 9.17) is 0 Å². The van der Waals surface area contributed by atoms with Crippen LogP contribution in [-0.2, 0) is 6.54 Å². The summed E-state index contributed by atoms with van der Waals surface area (Å²) in [6, 6.07) is 3.28. The second kappa shape index (κ2) is 5.00. The molecule has 1 aromatic carbocycles. The third kappa shape index (κ3) is 3.31. The molecule has 19 heavy (non-hydrogen) atoms. The number of hydrogen-bond acceptors (Lipinski definition) is 4. The molecule has 0 aliphatic heterocycles. The van der Waals surface area contributed by atoms with Crippen LogP contribution in [0.3, 0.4) is 0 Å². The van der Waals surface area contributed by atoms with Crippen LogP contribution in [0.15, 0.2) is 18.2 Å². The van der Waals surface area contributed by atoms with E-state index in [9.17, 15) is 8.78 Å². The minimum absolute atomic E-state index is 0.113. The van der Waals surface area contributed by atoms with Crippen LogP contribution in [0.25, 0.3) is 5.69 Å². The van der Waals surface area contributed by atoms with Crippen LogP contribution in [0.5, 0.6) is 0 Å². The van der Waals surface area contributed by atoms with Crippen LogP contribution >= 0.6 is 0 Å². The fourth-order valence-electron chi connectivity index (χ4n) is 1.50. The molecule has 0 saturated heterocycles. The molecule has 0 saturated carbocycles. The quantitative estimate of drug-likeness (QED) is 0.921. The van der Waals surface area contributed by atoms with Crippen molar-refractivity contribution < 1.29 is 8.78 Å². The van der Waals surface area contributed by atoms with Gasteiger partial charge in [-0.3, -0.25) is 0 Å². The number of aromatic nitrogens is 4. The van der Waals surface area contributed by atoms with Crippen molar-refractivity contribution in [2.45, 2.75) is 32.9 Å². The number of nitrogens with one attached hydrogen (secondary N) is 1. The highest BCUT2D eigenvalue weighted by Gasteiger charge is 2.15. The van der Waals surface area contributed by atoms with Crippen molar-refractivity contribution >= 4 is 0 Å². The molecule has 1 heterocycles. The van der Waals surface area contributed by atoms with Gasteiger partial charge in [0.1, 0.15) is 11.5 Å². The van der Waals surface area contributed by atoms with E-state index in [-0.39, 0.29) is 11.2 Å². The zero-order valence-electron chi connectivity index (χ0n) is 11.0. The lowest BCUT2D eigenvalue weighted by Gasteiger charge is -2.19. The summed E-state index contributed by atoms with van der Waals surface area (Å²) >= 11 is 0. The molecule has 7 heteroatoms. The Balaban J connectivity index is 2.28. The van der Waals surface area contributed by atoms with E-state index in [2.05, 4.69) is 20.8 Å². The number of nitrogens with zero attached hydrogens (tertiary/aromatic N) is 4. The van der Waals surface area contributed by atoms with Gasteiger partial charge >= 0.3 is 0 Å². The molecule has 1 N–H and O–H groups in total. The van der Waals surface area contributed by atoms with Crippen LogP contribution in [0.1, 0.15) is 26.6 Å². The highest BCUT2D eigenvalue weighted by Crippen LogP contribution is 2.15. The Hall–Kier alpha value is -1.89. The fourth-order valence-corrected chi connectivity index (χ4v) is 1.50. The van der Waals surface area contributed by atoms with Gasteiger partial charge in [0.05, 0.1) is 6.54 Å². The summed E-state index contributed by atoms with van der Waals surface area (Å²) < 4.78 is 27.8. The molecule has 0 radical (unpaired) electrons. The van der Waals surface area contributed by atoms with E-state index in [1.165, 1.54) is 16.8 Å². The molecule has 0 aliphatic carbocycles. The summed E-state index contributed by atoms with van der Waals surface area (Å²) in [6.07, 6.45) is 0. The largest absolute Gasteiger partial charge is 0.305 e. The van der Waals surface area contributed by atoms with Gasteiger partial charge < -0.3 is 5.32 Å². The maximum absolute atomic E-state index is 13.7. The molecule has 102 valence electrons. The first kappa shape index (κ1) is 13.5. The van der Waals surface area contributed by atoms with Crippen molar-refractivity contribution in [2.75, 3.05) is 0 Å². The van der Waals surface area contributed by atoms with Crippen LogP contribution in [-0.4, -0.2) is 25.7 Å². The summed E-state index contributed by atoms with van der Waals surface area (Å²) in [4.78, 5) is 0.